The second-order valence-corrected chi connectivity index (χ2v) is 6.71. The van der Waals surface area contributed by atoms with Crippen molar-refractivity contribution in [3.8, 4) is 0 Å². The van der Waals surface area contributed by atoms with Gasteiger partial charge >= 0.3 is 0 Å². The normalized spacial score (nSPS) is 17.4. The summed E-state index contributed by atoms with van der Waals surface area (Å²) in [6, 6.07) is 0. The third kappa shape index (κ3) is 6.29. The van der Waals surface area contributed by atoms with E-state index in [9.17, 15) is 8.42 Å². The van der Waals surface area contributed by atoms with E-state index < -0.39 is 14.7 Å². The molecule has 1 unspecified atom stereocenters. The fourth-order valence-electron chi connectivity index (χ4n) is 1.43. The van der Waals surface area contributed by atoms with Crippen molar-refractivity contribution in [2.24, 2.45) is 5.92 Å². The SMILES string of the molecule is COC(C)(CC(C)C)CS(=O)(=O)Cl. The lowest BCUT2D eigenvalue weighted by molar-refractivity contribution is 0.00888. The predicted molar refractivity (Wildman–Crippen MR) is 54.5 cm³/mol. The Hall–Kier alpha value is 0.200. The minimum absolute atomic E-state index is 0.143. The Labute approximate surface area is 84.8 Å². The van der Waals surface area contributed by atoms with Crippen LogP contribution in [0, 0.1) is 5.92 Å². The first-order valence-corrected chi connectivity index (χ1v) is 6.64. The minimum atomic E-state index is -3.49. The molecule has 0 saturated heterocycles. The lowest BCUT2D eigenvalue weighted by atomic mass is 9.96. The molecule has 1 atom stereocenters. The molecule has 0 fully saturated rings. The van der Waals surface area contributed by atoms with E-state index in [1.165, 1.54) is 7.11 Å². The lowest BCUT2D eigenvalue weighted by Gasteiger charge is -2.28. The van der Waals surface area contributed by atoms with Gasteiger partial charge in [0.1, 0.15) is 0 Å². The molecule has 0 rings (SSSR count). The standard InChI is InChI=1S/C8H17ClO3S/c1-7(2)5-8(3,12-4)6-13(9,10)11/h7H,5-6H2,1-4H3. The Morgan fingerprint density at radius 3 is 2.15 bits per heavy atom. The summed E-state index contributed by atoms with van der Waals surface area (Å²) in [5.74, 6) is 0.235. The smallest absolute Gasteiger partial charge is 0.235 e. The number of halogens is 1. The average Bonchev–Trinajstić information content (AvgIpc) is 1.81. The van der Waals surface area contributed by atoms with Gasteiger partial charge in [0, 0.05) is 17.8 Å². The van der Waals surface area contributed by atoms with E-state index in [1.807, 2.05) is 13.8 Å². The van der Waals surface area contributed by atoms with Gasteiger partial charge < -0.3 is 4.74 Å². The maximum atomic E-state index is 10.9. The van der Waals surface area contributed by atoms with E-state index in [4.69, 9.17) is 15.4 Å². The van der Waals surface area contributed by atoms with Crippen LogP contribution < -0.4 is 0 Å². The van der Waals surface area contributed by atoms with Crippen molar-refractivity contribution >= 4 is 19.7 Å². The summed E-state index contributed by atoms with van der Waals surface area (Å²) in [6.45, 7) is 5.78. The number of rotatable bonds is 5. The van der Waals surface area contributed by atoms with Crippen molar-refractivity contribution in [3.05, 3.63) is 0 Å². The van der Waals surface area contributed by atoms with Gasteiger partial charge in [-0.3, -0.25) is 0 Å². The first kappa shape index (κ1) is 13.2. The van der Waals surface area contributed by atoms with Crippen LogP contribution in [0.15, 0.2) is 0 Å². The molecule has 0 aromatic heterocycles. The van der Waals surface area contributed by atoms with Gasteiger partial charge in [-0.25, -0.2) is 8.42 Å². The highest BCUT2D eigenvalue weighted by Crippen LogP contribution is 2.23. The van der Waals surface area contributed by atoms with Gasteiger partial charge in [-0.1, -0.05) is 13.8 Å². The van der Waals surface area contributed by atoms with Crippen molar-refractivity contribution in [1.29, 1.82) is 0 Å². The number of ether oxygens (including phenoxy) is 1. The summed E-state index contributed by atoms with van der Waals surface area (Å²) in [7, 11) is 3.18. The van der Waals surface area contributed by atoms with Crippen LogP contribution in [-0.4, -0.2) is 26.9 Å². The van der Waals surface area contributed by atoms with Crippen LogP contribution >= 0.6 is 10.7 Å². The lowest BCUT2D eigenvalue weighted by Crippen LogP contribution is -2.36. The molecule has 3 nitrogen and oxygen atoms in total. The molecule has 13 heavy (non-hydrogen) atoms. The largest absolute Gasteiger partial charge is 0.377 e. The molecule has 0 radical (unpaired) electrons. The Morgan fingerprint density at radius 2 is 1.92 bits per heavy atom. The van der Waals surface area contributed by atoms with Crippen molar-refractivity contribution in [1.82, 2.24) is 0 Å². The highest BCUT2D eigenvalue weighted by atomic mass is 35.7. The zero-order chi connectivity index (χ0) is 10.7. The van der Waals surface area contributed by atoms with Gasteiger partial charge in [-0.15, -0.1) is 0 Å². The van der Waals surface area contributed by atoms with Crippen LogP contribution in [0.4, 0.5) is 0 Å². The molecule has 0 amide bonds. The first-order chi connectivity index (χ1) is 5.68. The molecule has 80 valence electrons. The van der Waals surface area contributed by atoms with Gasteiger partial charge in [0.15, 0.2) is 0 Å². The molecule has 0 aromatic rings. The quantitative estimate of drug-likeness (QED) is 0.677. The molecule has 0 heterocycles. The highest BCUT2D eigenvalue weighted by Gasteiger charge is 2.30. The van der Waals surface area contributed by atoms with E-state index in [-0.39, 0.29) is 5.75 Å². The van der Waals surface area contributed by atoms with Crippen molar-refractivity contribution in [3.63, 3.8) is 0 Å². The molecule has 5 heteroatoms. The Balaban J connectivity index is 4.46. The Morgan fingerprint density at radius 1 is 1.46 bits per heavy atom. The summed E-state index contributed by atoms with van der Waals surface area (Å²) in [6.07, 6.45) is 0.676. The molecule has 0 aliphatic rings. The zero-order valence-electron chi connectivity index (χ0n) is 8.50. The third-order valence-electron chi connectivity index (χ3n) is 1.81. The molecular weight excluding hydrogens is 212 g/mol. The second-order valence-electron chi connectivity index (χ2n) is 3.94. The maximum absolute atomic E-state index is 10.9. The molecule has 0 saturated carbocycles. The molecule has 0 aromatic carbocycles. The Kier molecular flexibility index (Phi) is 4.69. The summed E-state index contributed by atoms with van der Waals surface area (Å²) in [5.41, 5.74) is -0.672. The van der Waals surface area contributed by atoms with Gasteiger partial charge in [-0.2, -0.15) is 0 Å². The van der Waals surface area contributed by atoms with E-state index in [0.717, 1.165) is 0 Å². The van der Waals surface area contributed by atoms with Gasteiger partial charge in [-0.05, 0) is 19.3 Å². The summed E-state index contributed by atoms with van der Waals surface area (Å²) in [5, 5.41) is 0. The monoisotopic (exact) mass is 228 g/mol. The summed E-state index contributed by atoms with van der Waals surface area (Å²) in [4.78, 5) is 0. The molecule has 0 N–H and O–H groups in total. The summed E-state index contributed by atoms with van der Waals surface area (Å²) >= 11 is 0. The number of hydrogen-bond donors (Lipinski definition) is 0. The maximum Gasteiger partial charge on any atom is 0.235 e. The number of hydrogen-bond acceptors (Lipinski definition) is 3. The molecule has 0 spiro atoms. The first-order valence-electron chi connectivity index (χ1n) is 4.16. The van der Waals surface area contributed by atoms with Crippen LogP contribution in [0.2, 0.25) is 0 Å². The van der Waals surface area contributed by atoms with Gasteiger partial charge in [0.05, 0.1) is 11.4 Å². The predicted octanol–water partition coefficient (Wildman–Crippen LogP) is 2.01. The fourth-order valence-corrected chi connectivity index (χ4v) is 3.09. The fraction of sp³-hybridized carbons (Fsp3) is 1.00. The average molecular weight is 229 g/mol. The molecule has 0 aliphatic carbocycles. The van der Waals surface area contributed by atoms with Gasteiger partial charge in [0.25, 0.3) is 0 Å². The topological polar surface area (TPSA) is 43.4 Å². The van der Waals surface area contributed by atoms with Crippen molar-refractivity contribution < 1.29 is 13.2 Å². The second kappa shape index (κ2) is 4.62. The minimum Gasteiger partial charge on any atom is -0.377 e. The van der Waals surface area contributed by atoms with E-state index in [1.54, 1.807) is 6.92 Å². The van der Waals surface area contributed by atoms with Crippen molar-refractivity contribution in [2.45, 2.75) is 32.8 Å². The van der Waals surface area contributed by atoms with Crippen LogP contribution in [-0.2, 0) is 13.8 Å². The van der Waals surface area contributed by atoms with E-state index in [2.05, 4.69) is 0 Å². The number of methoxy groups -OCH3 is 1. The van der Waals surface area contributed by atoms with E-state index >= 15 is 0 Å². The van der Waals surface area contributed by atoms with Crippen LogP contribution in [0.3, 0.4) is 0 Å². The molecule has 0 aliphatic heterocycles. The van der Waals surface area contributed by atoms with Gasteiger partial charge in [0.2, 0.25) is 9.05 Å². The van der Waals surface area contributed by atoms with Crippen LogP contribution in [0.25, 0.3) is 0 Å². The Bertz CT molecular complexity index is 248. The van der Waals surface area contributed by atoms with Crippen molar-refractivity contribution in [2.75, 3.05) is 12.9 Å². The highest BCUT2D eigenvalue weighted by molar-refractivity contribution is 8.13. The van der Waals surface area contributed by atoms with Crippen LogP contribution in [0.5, 0.6) is 0 Å². The summed E-state index contributed by atoms with van der Waals surface area (Å²) < 4.78 is 26.9. The zero-order valence-corrected chi connectivity index (χ0v) is 10.1. The molecular formula is C8H17ClO3S. The van der Waals surface area contributed by atoms with Crippen LogP contribution in [0.1, 0.15) is 27.2 Å². The van der Waals surface area contributed by atoms with E-state index in [0.29, 0.717) is 12.3 Å². The third-order valence-corrected chi connectivity index (χ3v) is 3.09. The molecule has 0 bridgehead atoms.